The molecule has 0 aliphatic rings. The zero-order valence-corrected chi connectivity index (χ0v) is 16.6. The van der Waals surface area contributed by atoms with Crippen LogP contribution in [0, 0.1) is 12.7 Å². The number of benzene rings is 2. The van der Waals surface area contributed by atoms with Gasteiger partial charge in [0, 0.05) is 28.3 Å². The van der Waals surface area contributed by atoms with Crippen molar-refractivity contribution in [2.75, 3.05) is 7.11 Å². The fraction of sp³-hybridized carbons (Fsp3) is 0.190. The van der Waals surface area contributed by atoms with E-state index >= 15 is 0 Å². The average Bonchev–Trinajstić information content (AvgIpc) is 3.32. The van der Waals surface area contributed by atoms with Crippen LogP contribution in [0.15, 0.2) is 46.9 Å². The molecule has 2 aromatic heterocycles. The van der Waals surface area contributed by atoms with Crippen LogP contribution in [-0.2, 0) is 22.7 Å². The van der Waals surface area contributed by atoms with Gasteiger partial charge in [-0.05, 0) is 31.2 Å². The first-order valence-corrected chi connectivity index (χ1v) is 9.64. The third-order valence-electron chi connectivity index (χ3n) is 4.30. The topological polar surface area (TPSA) is 74.5 Å². The second-order valence-electron chi connectivity index (χ2n) is 6.40. The minimum absolute atomic E-state index is 0.101. The number of carbonyl (C=O) groups is 1. The largest absolute Gasteiger partial charge is 0.451 e. The zero-order chi connectivity index (χ0) is 20.4. The van der Waals surface area contributed by atoms with Gasteiger partial charge in [0.25, 0.3) is 5.89 Å². The summed E-state index contributed by atoms with van der Waals surface area (Å²) in [6, 6.07) is 12.4. The van der Waals surface area contributed by atoms with E-state index in [-0.39, 0.29) is 19.1 Å². The van der Waals surface area contributed by atoms with Crippen molar-refractivity contribution in [1.82, 2.24) is 10.2 Å². The van der Waals surface area contributed by atoms with Gasteiger partial charge >= 0.3 is 5.97 Å². The van der Waals surface area contributed by atoms with Gasteiger partial charge in [0.2, 0.25) is 5.89 Å². The Morgan fingerprint density at radius 3 is 2.79 bits per heavy atom. The maximum absolute atomic E-state index is 14.3. The molecule has 0 bridgehead atoms. The smallest absolute Gasteiger partial charge is 0.349 e. The van der Waals surface area contributed by atoms with Gasteiger partial charge in [0.1, 0.15) is 10.7 Å². The molecule has 0 spiro atoms. The minimum Gasteiger partial charge on any atom is -0.451 e. The van der Waals surface area contributed by atoms with Gasteiger partial charge in [-0.1, -0.05) is 23.8 Å². The van der Waals surface area contributed by atoms with Crippen molar-refractivity contribution in [1.29, 1.82) is 0 Å². The van der Waals surface area contributed by atoms with E-state index in [9.17, 15) is 9.18 Å². The van der Waals surface area contributed by atoms with Gasteiger partial charge < -0.3 is 13.9 Å². The van der Waals surface area contributed by atoms with Crippen LogP contribution >= 0.6 is 11.3 Å². The number of carbonyl (C=O) groups excluding carboxylic acids is 1. The van der Waals surface area contributed by atoms with E-state index in [2.05, 4.69) is 10.2 Å². The highest BCUT2D eigenvalue weighted by atomic mass is 32.1. The summed E-state index contributed by atoms with van der Waals surface area (Å²) < 4.78 is 31.0. The molecule has 6 nitrogen and oxygen atoms in total. The van der Waals surface area contributed by atoms with E-state index < -0.39 is 11.8 Å². The molecule has 2 heterocycles. The van der Waals surface area contributed by atoms with Gasteiger partial charge in [-0.25, -0.2) is 9.18 Å². The number of fused-ring (bicyclic) bond motifs is 1. The molecule has 0 aliphatic heterocycles. The van der Waals surface area contributed by atoms with Crippen molar-refractivity contribution >= 4 is 27.4 Å². The summed E-state index contributed by atoms with van der Waals surface area (Å²) in [7, 11) is 1.49. The van der Waals surface area contributed by atoms with Gasteiger partial charge in [0.05, 0.1) is 6.61 Å². The van der Waals surface area contributed by atoms with Crippen molar-refractivity contribution < 1.29 is 23.1 Å². The highest BCUT2D eigenvalue weighted by molar-refractivity contribution is 7.21. The molecule has 0 fully saturated rings. The number of hydrogen-bond acceptors (Lipinski definition) is 7. The van der Waals surface area contributed by atoms with Crippen LogP contribution in [0.1, 0.15) is 26.7 Å². The number of rotatable bonds is 6. The molecule has 4 aromatic rings. The monoisotopic (exact) mass is 412 g/mol. The lowest BCUT2D eigenvalue weighted by Gasteiger charge is -2.04. The number of thiophene rings is 1. The Balaban J connectivity index is 1.53. The van der Waals surface area contributed by atoms with E-state index in [4.69, 9.17) is 13.9 Å². The number of nitrogens with zero attached hydrogens (tertiary/aromatic N) is 2. The maximum Gasteiger partial charge on any atom is 0.349 e. The molecule has 0 saturated carbocycles. The van der Waals surface area contributed by atoms with Crippen LogP contribution in [0.4, 0.5) is 4.39 Å². The van der Waals surface area contributed by atoms with E-state index in [0.29, 0.717) is 26.4 Å². The molecule has 0 unspecified atom stereocenters. The van der Waals surface area contributed by atoms with Crippen LogP contribution in [0.5, 0.6) is 0 Å². The average molecular weight is 412 g/mol. The fourth-order valence-corrected chi connectivity index (χ4v) is 4.13. The molecule has 148 valence electrons. The summed E-state index contributed by atoms with van der Waals surface area (Å²) in [6.07, 6.45) is 0. The Kier molecular flexibility index (Phi) is 5.37. The molecule has 8 heteroatoms. The normalized spacial score (nSPS) is 11.1. The molecule has 0 atom stereocenters. The van der Waals surface area contributed by atoms with Crippen molar-refractivity contribution in [3.05, 3.63) is 70.2 Å². The van der Waals surface area contributed by atoms with Crippen LogP contribution in [0.3, 0.4) is 0 Å². The Labute approximate surface area is 169 Å². The molecule has 0 saturated heterocycles. The maximum atomic E-state index is 14.3. The van der Waals surface area contributed by atoms with Gasteiger partial charge in [-0.2, -0.15) is 0 Å². The van der Waals surface area contributed by atoms with Crippen LogP contribution in [-0.4, -0.2) is 23.3 Å². The zero-order valence-electron chi connectivity index (χ0n) is 15.8. The van der Waals surface area contributed by atoms with Crippen molar-refractivity contribution in [2.24, 2.45) is 0 Å². The van der Waals surface area contributed by atoms with E-state index in [0.717, 1.165) is 22.5 Å². The molecular formula is C21H17FN2O4S. The molecule has 0 N–H and O–H groups in total. The summed E-state index contributed by atoms with van der Waals surface area (Å²) >= 11 is 1.16. The number of aryl methyl sites for hydroxylation is 1. The van der Waals surface area contributed by atoms with E-state index in [1.54, 1.807) is 12.1 Å². The molecule has 2 aromatic carbocycles. The first-order chi connectivity index (χ1) is 14.1. The lowest BCUT2D eigenvalue weighted by atomic mass is 10.1. The quantitative estimate of drug-likeness (QED) is 0.419. The summed E-state index contributed by atoms with van der Waals surface area (Å²) in [5, 5.41) is 8.31. The Morgan fingerprint density at radius 1 is 1.17 bits per heavy atom. The Morgan fingerprint density at radius 2 is 2.00 bits per heavy atom. The van der Waals surface area contributed by atoms with Crippen molar-refractivity contribution in [3.8, 4) is 11.5 Å². The lowest BCUT2D eigenvalue weighted by Crippen LogP contribution is -2.06. The fourth-order valence-electron chi connectivity index (χ4n) is 3.01. The molecule has 0 amide bonds. The van der Waals surface area contributed by atoms with E-state index in [1.165, 1.54) is 13.2 Å². The summed E-state index contributed by atoms with van der Waals surface area (Å²) in [6.45, 7) is 1.89. The summed E-state index contributed by atoms with van der Waals surface area (Å²) in [5.41, 5.74) is 2.33. The highest BCUT2D eigenvalue weighted by Crippen LogP contribution is 2.34. The third-order valence-corrected chi connectivity index (χ3v) is 5.47. The Hall–Kier alpha value is -3.10. The second kappa shape index (κ2) is 8.10. The first kappa shape index (κ1) is 19.2. The molecular weight excluding hydrogens is 395 g/mol. The lowest BCUT2D eigenvalue weighted by molar-refractivity contribution is 0.0440. The summed E-state index contributed by atoms with van der Waals surface area (Å²) in [4.78, 5) is 12.9. The van der Waals surface area contributed by atoms with E-state index in [1.807, 2.05) is 31.2 Å². The Bertz CT molecular complexity index is 1180. The number of ether oxygens (including phenoxy) is 2. The predicted molar refractivity (Wildman–Crippen MR) is 106 cm³/mol. The second-order valence-corrected chi connectivity index (χ2v) is 7.45. The number of esters is 1. The SMILES string of the molecule is COCc1c(C(=O)OCc2nnc(-c3cccc(C)c3)o2)sc2cccc(F)c12. The van der Waals surface area contributed by atoms with Crippen LogP contribution < -0.4 is 0 Å². The predicted octanol–water partition coefficient (Wildman–Crippen LogP) is 4.90. The molecule has 4 rings (SSSR count). The standard InChI is InChI=1S/C21H17FN2O4S/c1-12-5-3-6-13(9-12)20-24-23-17(28-20)11-27-21(25)19-14(10-26-2)18-15(22)7-4-8-16(18)29-19/h3-9H,10-11H2,1-2H3. The number of halogens is 1. The molecule has 0 aliphatic carbocycles. The van der Waals surface area contributed by atoms with Gasteiger partial charge in [-0.3, -0.25) is 0 Å². The third kappa shape index (κ3) is 3.90. The molecule has 0 radical (unpaired) electrons. The minimum atomic E-state index is -0.590. The highest BCUT2D eigenvalue weighted by Gasteiger charge is 2.22. The number of hydrogen-bond donors (Lipinski definition) is 0. The van der Waals surface area contributed by atoms with Crippen LogP contribution in [0.2, 0.25) is 0 Å². The van der Waals surface area contributed by atoms with Crippen molar-refractivity contribution in [3.63, 3.8) is 0 Å². The summed E-state index contributed by atoms with van der Waals surface area (Å²) in [5.74, 6) is -0.461. The van der Waals surface area contributed by atoms with Gasteiger partial charge in [0.15, 0.2) is 6.61 Å². The van der Waals surface area contributed by atoms with Crippen LogP contribution in [0.25, 0.3) is 21.5 Å². The van der Waals surface area contributed by atoms with Crippen molar-refractivity contribution in [2.45, 2.75) is 20.1 Å². The number of aromatic nitrogens is 2. The molecule has 29 heavy (non-hydrogen) atoms. The van der Waals surface area contributed by atoms with Gasteiger partial charge in [-0.15, -0.1) is 21.5 Å². The number of methoxy groups -OCH3 is 1. The first-order valence-electron chi connectivity index (χ1n) is 8.82.